The quantitative estimate of drug-likeness (QED) is 0.501. The molecular weight excluding hydrogens is 380 g/mol. The van der Waals surface area contributed by atoms with Gasteiger partial charge in [-0.3, -0.25) is 4.79 Å². The lowest BCUT2D eigenvalue weighted by Crippen LogP contribution is -2.30. The summed E-state index contributed by atoms with van der Waals surface area (Å²) in [6.07, 6.45) is 0.547. The van der Waals surface area contributed by atoms with Crippen LogP contribution < -0.4 is 5.73 Å². The van der Waals surface area contributed by atoms with Crippen molar-refractivity contribution in [1.29, 1.82) is 0 Å². The van der Waals surface area contributed by atoms with Crippen LogP contribution in [0.1, 0.15) is 22.8 Å². The smallest absolute Gasteiger partial charge is 0.339 e. The highest BCUT2D eigenvalue weighted by Gasteiger charge is 2.22. The van der Waals surface area contributed by atoms with Crippen LogP contribution in [0.15, 0.2) is 72.9 Å². The van der Waals surface area contributed by atoms with E-state index in [1.807, 2.05) is 60.7 Å². The number of nitrogens with zero attached hydrogens (tertiary/aromatic N) is 3. The van der Waals surface area contributed by atoms with Crippen molar-refractivity contribution in [2.45, 2.75) is 19.6 Å². The maximum atomic E-state index is 12.8. The molecule has 7 heteroatoms. The molecule has 0 radical (unpaired) electrons. The standard InChI is InChI=1S/C23H20N4O3/c1-15(21(24)28)30-23(29)18-12-20(17-10-6-3-7-11-17)26-22-19(18)13-25-27(22)14-16-8-4-2-5-9-16/h2-13,15H,14H2,1H3,(H2,24,28)/t15-/m0/s1. The number of ether oxygens (including phenoxy) is 1. The van der Waals surface area contributed by atoms with E-state index in [1.54, 1.807) is 16.9 Å². The number of primary amides is 1. The molecule has 0 aliphatic rings. The fourth-order valence-electron chi connectivity index (χ4n) is 3.13. The third-order valence-corrected chi connectivity index (χ3v) is 4.76. The van der Waals surface area contributed by atoms with Gasteiger partial charge in [-0.1, -0.05) is 60.7 Å². The molecule has 0 aliphatic heterocycles. The lowest BCUT2D eigenvalue weighted by molar-refractivity contribution is -0.125. The highest BCUT2D eigenvalue weighted by Crippen LogP contribution is 2.26. The molecule has 30 heavy (non-hydrogen) atoms. The molecule has 1 amide bonds. The van der Waals surface area contributed by atoms with Gasteiger partial charge in [0.05, 0.1) is 29.4 Å². The summed E-state index contributed by atoms with van der Waals surface area (Å²) >= 11 is 0. The van der Waals surface area contributed by atoms with Gasteiger partial charge in [0.15, 0.2) is 11.8 Å². The summed E-state index contributed by atoms with van der Waals surface area (Å²) in [5.41, 5.74) is 8.59. The molecule has 4 aromatic rings. The summed E-state index contributed by atoms with van der Waals surface area (Å²) in [5, 5.41) is 4.99. The Balaban J connectivity index is 1.83. The van der Waals surface area contributed by atoms with Gasteiger partial charge in [-0.05, 0) is 18.6 Å². The fraction of sp³-hybridized carbons (Fsp3) is 0.130. The number of fused-ring (bicyclic) bond motifs is 1. The number of pyridine rings is 1. The van der Waals surface area contributed by atoms with Crippen LogP contribution in [0, 0.1) is 0 Å². The van der Waals surface area contributed by atoms with Crippen molar-refractivity contribution in [3.63, 3.8) is 0 Å². The lowest BCUT2D eigenvalue weighted by atomic mass is 10.1. The average Bonchev–Trinajstić information content (AvgIpc) is 3.17. The Labute approximate surface area is 173 Å². The molecule has 0 aliphatic carbocycles. The van der Waals surface area contributed by atoms with Crippen LogP contribution in [-0.2, 0) is 16.1 Å². The predicted octanol–water partition coefficient (Wildman–Crippen LogP) is 3.18. The van der Waals surface area contributed by atoms with Crippen molar-refractivity contribution >= 4 is 22.9 Å². The van der Waals surface area contributed by atoms with Crippen LogP contribution in [0.2, 0.25) is 0 Å². The number of carbonyl (C=O) groups is 2. The van der Waals surface area contributed by atoms with E-state index in [2.05, 4.69) is 5.10 Å². The molecule has 2 aromatic carbocycles. The van der Waals surface area contributed by atoms with Crippen molar-refractivity contribution in [3.8, 4) is 11.3 Å². The molecular formula is C23H20N4O3. The molecule has 2 heterocycles. The van der Waals surface area contributed by atoms with Gasteiger partial charge in [-0.15, -0.1) is 0 Å². The Morgan fingerprint density at radius 3 is 2.40 bits per heavy atom. The molecule has 0 unspecified atom stereocenters. The third-order valence-electron chi connectivity index (χ3n) is 4.76. The van der Waals surface area contributed by atoms with Gasteiger partial charge in [0.1, 0.15) is 0 Å². The van der Waals surface area contributed by atoms with Crippen molar-refractivity contribution in [2.24, 2.45) is 5.73 Å². The highest BCUT2D eigenvalue weighted by atomic mass is 16.5. The first-order valence-corrected chi connectivity index (χ1v) is 9.49. The normalized spacial score (nSPS) is 11.9. The van der Waals surface area contributed by atoms with Crippen molar-refractivity contribution < 1.29 is 14.3 Å². The molecule has 7 nitrogen and oxygen atoms in total. The molecule has 2 aromatic heterocycles. The zero-order valence-corrected chi connectivity index (χ0v) is 16.4. The van der Waals surface area contributed by atoms with Crippen LogP contribution in [0.25, 0.3) is 22.3 Å². The van der Waals surface area contributed by atoms with Crippen LogP contribution in [0.5, 0.6) is 0 Å². The average molecular weight is 400 g/mol. The zero-order chi connectivity index (χ0) is 21.1. The molecule has 4 rings (SSSR count). The first-order chi connectivity index (χ1) is 14.5. The predicted molar refractivity (Wildman–Crippen MR) is 113 cm³/mol. The maximum absolute atomic E-state index is 12.8. The van der Waals surface area contributed by atoms with Crippen LogP contribution in [0.3, 0.4) is 0 Å². The van der Waals surface area contributed by atoms with Crippen molar-refractivity contribution in [1.82, 2.24) is 14.8 Å². The van der Waals surface area contributed by atoms with Gasteiger partial charge in [-0.2, -0.15) is 5.10 Å². The van der Waals surface area contributed by atoms with Crippen molar-refractivity contribution in [3.05, 3.63) is 84.1 Å². The zero-order valence-electron chi connectivity index (χ0n) is 16.4. The molecule has 0 bridgehead atoms. The summed E-state index contributed by atoms with van der Waals surface area (Å²) in [7, 11) is 0. The number of nitrogens with two attached hydrogens (primary N) is 1. The summed E-state index contributed by atoms with van der Waals surface area (Å²) < 4.78 is 6.99. The number of esters is 1. The van der Waals surface area contributed by atoms with Gasteiger partial charge in [0.2, 0.25) is 0 Å². The van der Waals surface area contributed by atoms with E-state index in [4.69, 9.17) is 15.5 Å². The molecule has 0 spiro atoms. The Bertz CT molecular complexity index is 1200. The molecule has 150 valence electrons. The number of benzene rings is 2. The van der Waals surface area contributed by atoms with E-state index in [0.29, 0.717) is 23.3 Å². The van der Waals surface area contributed by atoms with Gasteiger partial charge in [0.25, 0.3) is 5.91 Å². The second-order valence-electron chi connectivity index (χ2n) is 6.90. The van der Waals surface area contributed by atoms with Crippen molar-refractivity contribution in [2.75, 3.05) is 0 Å². The Morgan fingerprint density at radius 2 is 1.73 bits per heavy atom. The first-order valence-electron chi connectivity index (χ1n) is 9.49. The van der Waals surface area contributed by atoms with Crippen LogP contribution >= 0.6 is 0 Å². The second-order valence-corrected chi connectivity index (χ2v) is 6.90. The number of carbonyl (C=O) groups excluding carboxylic acids is 2. The molecule has 0 saturated carbocycles. The van der Waals surface area contributed by atoms with Gasteiger partial charge < -0.3 is 10.5 Å². The second kappa shape index (κ2) is 8.16. The van der Waals surface area contributed by atoms with E-state index >= 15 is 0 Å². The monoisotopic (exact) mass is 400 g/mol. The minimum atomic E-state index is -1.04. The Kier molecular flexibility index (Phi) is 5.26. The molecule has 0 fully saturated rings. The number of rotatable bonds is 6. The fourth-order valence-corrected chi connectivity index (χ4v) is 3.13. The minimum absolute atomic E-state index is 0.284. The highest BCUT2D eigenvalue weighted by molar-refractivity contribution is 6.04. The number of aromatic nitrogens is 3. The van der Waals surface area contributed by atoms with Crippen LogP contribution in [-0.4, -0.2) is 32.7 Å². The largest absolute Gasteiger partial charge is 0.449 e. The molecule has 0 saturated heterocycles. The number of hydrogen-bond donors (Lipinski definition) is 1. The minimum Gasteiger partial charge on any atom is -0.449 e. The summed E-state index contributed by atoms with van der Waals surface area (Å²) in [6.45, 7) is 1.94. The van der Waals surface area contributed by atoms with Gasteiger partial charge in [0, 0.05) is 5.56 Å². The van der Waals surface area contributed by atoms with Gasteiger partial charge >= 0.3 is 5.97 Å². The van der Waals surface area contributed by atoms with E-state index in [9.17, 15) is 9.59 Å². The van der Waals surface area contributed by atoms with E-state index in [1.165, 1.54) is 6.92 Å². The summed E-state index contributed by atoms with van der Waals surface area (Å²) in [6, 6.07) is 21.0. The SMILES string of the molecule is C[C@H](OC(=O)c1cc(-c2ccccc2)nc2c1cnn2Cc1ccccc1)C(N)=O. The third kappa shape index (κ3) is 3.91. The molecule has 2 N–H and O–H groups in total. The summed E-state index contributed by atoms with van der Waals surface area (Å²) in [4.78, 5) is 28.9. The Morgan fingerprint density at radius 1 is 1.07 bits per heavy atom. The van der Waals surface area contributed by atoms with E-state index < -0.39 is 18.0 Å². The summed E-state index contributed by atoms with van der Waals surface area (Å²) in [5.74, 6) is -1.36. The topological polar surface area (TPSA) is 100 Å². The first kappa shape index (κ1) is 19.3. The van der Waals surface area contributed by atoms with Crippen LogP contribution in [0.4, 0.5) is 0 Å². The lowest BCUT2D eigenvalue weighted by Gasteiger charge is -2.12. The Hall–Kier alpha value is -4.00. The molecule has 1 atom stereocenters. The van der Waals surface area contributed by atoms with E-state index in [0.717, 1.165) is 11.1 Å². The maximum Gasteiger partial charge on any atom is 0.339 e. The number of amides is 1. The number of hydrogen-bond acceptors (Lipinski definition) is 5. The van der Waals surface area contributed by atoms with E-state index in [-0.39, 0.29) is 5.56 Å². The van der Waals surface area contributed by atoms with Gasteiger partial charge in [-0.25, -0.2) is 14.5 Å².